The molecule has 0 aliphatic rings. The summed E-state index contributed by atoms with van der Waals surface area (Å²) >= 11 is 0. The Balaban J connectivity index is 1.25. The van der Waals surface area contributed by atoms with Crippen LogP contribution in [0, 0.1) is 27.7 Å². The van der Waals surface area contributed by atoms with Crippen molar-refractivity contribution in [2.75, 3.05) is 0 Å². The molecule has 0 aliphatic heterocycles. The van der Waals surface area contributed by atoms with Gasteiger partial charge in [0.2, 0.25) is 0 Å². The Morgan fingerprint density at radius 2 is 0.540 bits per heavy atom. The van der Waals surface area contributed by atoms with Crippen LogP contribution in [0.25, 0.3) is 108 Å². The average molecular weight is 635 g/mol. The average Bonchev–Trinajstić information content (AvgIpc) is 3.60. The van der Waals surface area contributed by atoms with Crippen LogP contribution in [0.3, 0.4) is 0 Å². The fourth-order valence-corrected chi connectivity index (χ4v) is 9.29. The van der Waals surface area contributed by atoms with Gasteiger partial charge in [0.1, 0.15) is 0 Å². The maximum atomic E-state index is 2.50. The second kappa shape index (κ2) is 9.80. The smallest absolute Gasteiger partial charge is 0.00197 e. The quantitative estimate of drug-likeness (QED) is 0.166. The van der Waals surface area contributed by atoms with Gasteiger partial charge in [-0.25, -0.2) is 0 Å². The highest BCUT2D eigenvalue weighted by molar-refractivity contribution is 6.40. The van der Waals surface area contributed by atoms with Crippen molar-refractivity contribution in [1.82, 2.24) is 0 Å². The molecule has 0 spiro atoms. The third-order valence-corrected chi connectivity index (χ3v) is 11.5. The van der Waals surface area contributed by atoms with E-state index in [9.17, 15) is 0 Å². The SMILES string of the molecule is Cc1cccc(-c2ccc3c(c2)c2cc(C)cc4c5ccc6c(cc7c8ccc(-c9cccc(C)c9)cc8c8cc(C)cc6c87)c5cc3c42)c1. The van der Waals surface area contributed by atoms with Crippen LogP contribution in [-0.4, -0.2) is 0 Å². The predicted molar refractivity (Wildman–Crippen MR) is 219 cm³/mol. The van der Waals surface area contributed by atoms with Crippen molar-refractivity contribution in [3.05, 3.63) is 156 Å². The molecule has 0 radical (unpaired) electrons. The number of benzene rings is 9. The monoisotopic (exact) mass is 634 g/mol. The van der Waals surface area contributed by atoms with E-state index in [0.717, 1.165) is 0 Å². The summed E-state index contributed by atoms with van der Waals surface area (Å²) in [7, 11) is 0. The summed E-state index contributed by atoms with van der Waals surface area (Å²) in [6, 6.07) is 51.3. The maximum Gasteiger partial charge on any atom is -0.00197 e. The maximum absolute atomic E-state index is 2.50. The summed E-state index contributed by atoms with van der Waals surface area (Å²) in [5, 5.41) is 21.6. The zero-order valence-corrected chi connectivity index (χ0v) is 28.7. The van der Waals surface area contributed by atoms with Gasteiger partial charge in [0, 0.05) is 0 Å². The van der Waals surface area contributed by atoms with Crippen molar-refractivity contribution in [2.45, 2.75) is 27.7 Å². The lowest BCUT2D eigenvalue weighted by atomic mass is 9.90. The van der Waals surface area contributed by atoms with Gasteiger partial charge in [0.05, 0.1) is 0 Å². The van der Waals surface area contributed by atoms with Crippen molar-refractivity contribution in [3.8, 4) is 22.3 Å². The lowest BCUT2D eigenvalue weighted by Crippen LogP contribution is -1.85. The largest absolute Gasteiger partial charge is 0.0614 e. The number of rotatable bonds is 2. The summed E-state index contributed by atoms with van der Waals surface area (Å²) in [6.45, 7) is 8.84. The first-order valence-corrected chi connectivity index (χ1v) is 17.7. The van der Waals surface area contributed by atoms with Gasteiger partial charge in [-0.1, -0.05) is 120 Å². The highest BCUT2D eigenvalue weighted by atomic mass is 14.2. The first-order valence-electron chi connectivity index (χ1n) is 17.7. The van der Waals surface area contributed by atoms with Crippen LogP contribution in [-0.2, 0) is 0 Å². The first kappa shape index (κ1) is 27.9. The minimum atomic E-state index is 1.27. The molecular weight excluding hydrogens is 601 g/mol. The normalized spacial score (nSPS) is 12.4. The second-order valence-corrected chi connectivity index (χ2v) is 14.8. The van der Waals surface area contributed by atoms with Gasteiger partial charge in [0.25, 0.3) is 0 Å². The molecule has 11 aromatic carbocycles. The van der Waals surface area contributed by atoms with Gasteiger partial charge in [-0.3, -0.25) is 0 Å². The van der Waals surface area contributed by atoms with Crippen LogP contribution >= 0.6 is 0 Å². The number of hydrogen-bond acceptors (Lipinski definition) is 0. The molecule has 0 amide bonds. The molecule has 0 heteroatoms. The van der Waals surface area contributed by atoms with Crippen molar-refractivity contribution in [2.24, 2.45) is 0 Å². The molecule has 0 saturated carbocycles. The minimum Gasteiger partial charge on any atom is -0.0614 e. The Labute approximate surface area is 290 Å². The Bertz CT molecular complexity index is 3010. The van der Waals surface area contributed by atoms with Gasteiger partial charge in [-0.05, 0) is 172 Å². The van der Waals surface area contributed by atoms with E-state index in [1.807, 2.05) is 0 Å². The molecule has 0 heterocycles. The fourth-order valence-electron chi connectivity index (χ4n) is 9.29. The lowest BCUT2D eigenvalue weighted by molar-refractivity contribution is 1.47. The van der Waals surface area contributed by atoms with E-state index in [-0.39, 0.29) is 0 Å². The number of aryl methyl sites for hydroxylation is 4. The zero-order valence-electron chi connectivity index (χ0n) is 28.7. The van der Waals surface area contributed by atoms with Gasteiger partial charge in [-0.2, -0.15) is 0 Å². The molecule has 0 fully saturated rings. The summed E-state index contributed by atoms with van der Waals surface area (Å²) in [4.78, 5) is 0. The molecule has 0 atom stereocenters. The van der Waals surface area contributed by atoms with Crippen molar-refractivity contribution < 1.29 is 0 Å². The second-order valence-electron chi connectivity index (χ2n) is 14.8. The van der Waals surface area contributed by atoms with Gasteiger partial charge < -0.3 is 0 Å². The van der Waals surface area contributed by atoms with E-state index in [0.29, 0.717) is 0 Å². The van der Waals surface area contributed by atoms with Crippen LogP contribution in [0.2, 0.25) is 0 Å². The van der Waals surface area contributed by atoms with Crippen LogP contribution in [0.15, 0.2) is 133 Å². The van der Waals surface area contributed by atoms with E-state index < -0.39 is 0 Å². The Morgan fingerprint density at radius 3 is 0.940 bits per heavy atom. The lowest BCUT2D eigenvalue weighted by Gasteiger charge is -2.13. The van der Waals surface area contributed by atoms with E-state index in [4.69, 9.17) is 0 Å². The van der Waals surface area contributed by atoms with Crippen molar-refractivity contribution in [1.29, 1.82) is 0 Å². The number of fused-ring (bicyclic) bond motifs is 11. The predicted octanol–water partition coefficient (Wildman–Crippen LogP) is 14.4. The highest BCUT2D eigenvalue weighted by Gasteiger charge is 2.20. The Hall–Kier alpha value is -5.98. The number of hydrogen-bond donors (Lipinski definition) is 0. The standard InChI is InChI=1S/C50H34/c1-27-7-5-9-31(17-27)33-11-13-35-39(23-33)45-21-29(3)19-43-37-15-16-38-42(41(37)25-47(35)49(43)45)26-48-36-14-12-34(32-10-6-8-28(2)18-32)24-40(36)46-22-30(4)20-44(38)50(46)48/h5-26H,1-4H3. The molecule has 234 valence electrons. The molecule has 0 bridgehead atoms. The first-order chi connectivity index (χ1) is 24.4. The molecule has 0 aromatic heterocycles. The van der Waals surface area contributed by atoms with Crippen LogP contribution in [0.4, 0.5) is 0 Å². The molecule has 0 saturated heterocycles. The third-order valence-electron chi connectivity index (χ3n) is 11.5. The molecular formula is C50H34. The van der Waals surface area contributed by atoms with Gasteiger partial charge >= 0.3 is 0 Å². The molecule has 0 aliphatic carbocycles. The Morgan fingerprint density at radius 1 is 0.220 bits per heavy atom. The van der Waals surface area contributed by atoms with Crippen molar-refractivity contribution in [3.63, 3.8) is 0 Å². The topological polar surface area (TPSA) is 0 Å². The van der Waals surface area contributed by atoms with Crippen molar-refractivity contribution >= 4 is 86.2 Å². The third kappa shape index (κ3) is 3.77. The Kier molecular flexibility index (Phi) is 5.47. The minimum absolute atomic E-state index is 1.27. The molecule has 0 nitrogen and oxygen atoms in total. The zero-order chi connectivity index (χ0) is 33.4. The van der Waals surface area contributed by atoms with Gasteiger partial charge in [-0.15, -0.1) is 0 Å². The summed E-state index contributed by atoms with van der Waals surface area (Å²) in [5.41, 5.74) is 10.3. The van der Waals surface area contributed by atoms with Crippen LogP contribution in [0.1, 0.15) is 22.3 Å². The summed E-state index contributed by atoms with van der Waals surface area (Å²) in [6.07, 6.45) is 0. The molecule has 50 heavy (non-hydrogen) atoms. The molecule has 11 aromatic rings. The van der Waals surface area contributed by atoms with E-state index in [1.165, 1.54) is 131 Å². The van der Waals surface area contributed by atoms with Crippen LogP contribution in [0.5, 0.6) is 0 Å². The fraction of sp³-hybridized carbons (Fsp3) is 0.0800. The van der Waals surface area contributed by atoms with Gasteiger partial charge in [0.15, 0.2) is 0 Å². The summed E-state index contributed by atoms with van der Waals surface area (Å²) in [5.74, 6) is 0. The van der Waals surface area contributed by atoms with Crippen LogP contribution < -0.4 is 0 Å². The summed E-state index contributed by atoms with van der Waals surface area (Å²) < 4.78 is 0. The van der Waals surface area contributed by atoms with E-state index >= 15 is 0 Å². The van der Waals surface area contributed by atoms with E-state index in [2.05, 4.69) is 161 Å². The highest BCUT2D eigenvalue weighted by Crippen LogP contribution is 2.48. The molecule has 0 N–H and O–H groups in total. The molecule has 0 unspecified atom stereocenters. The molecule has 11 rings (SSSR count). The van der Waals surface area contributed by atoms with E-state index in [1.54, 1.807) is 0 Å².